The van der Waals surface area contributed by atoms with Gasteiger partial charge in [0.25, 0.3) is 11.5 Å². The van der Waals surface area contributed by atoms with E-state index < -0.39 is 32.6 Å². The summed E-state index contributed by atoms with van der Waals surface area (Å²) >= 11 is 3.34. The van der Waals surface area contributed by atoms with Gasteiger partial charge in [-0.15, -0.1) is 0 Å². The molecule has 158 valence electrons. The number of fused-ring (bicyclic) bond motifs is 4. The average Bonchev–Trinajstić information content (AvgIpc) is 3.26. The Morgan fingerprint density at radius 3 is 2.50 bits per heavy atom. The number of carbonyl (C=O) groups excluding carboxylic acids is 1. The highest BCUT2D eigenvalue weighted by Gasteiger charge is 2.69. The van der Waals surface area contributed by atoms with Crippen molar-refractivity contribution in [2.24, 2.45) is 5.16 Å². The number of hydrogen-bond acceptors (Lipinski definition) is 7. The van der Waals surface area contributed by atoms with Gasteiger partial charge in [-0.05, 0) is 23.8 Å². The maximum absolute atomic E-state index is 14.1. The molecule has 3 aliphatic rings. The van der Waals surface area contributed by atoms with Crippen molar-refractivity contribution in [1.82, 2.24) is 0 Å². The molecule has 1 aromatic heterocycles. The lowest BCUT2D eigenvalue weighted by atomic mass is 9.73. The third-order valence-corrected chi connectivity index (χ3v) is 5.91. The standard InChI is InChI=1S/C20H10BrN5O6/c21-12-6-4-11(5-7-12)14-9-13-3-1-2-8-24(13)20(19(14)27)16(26(30)31)10-15(25(28)29)17-18(20)23-32-22-17/h1-10H/t20-/m0/s1. The minimum absolute atomic E-state index is 0.176. The minimum Gasteiger partial charge on any atom is -0.472 e. The van der Waals surface area contributed by atoms with Crippen LogP contribution in [0.5, 0.6) is 0 Å². The number of rotatable bonds is 3. The quantitative estimate of drug-likeness (QED) is 0.363. The van der Waals surface area contributed by atoms with Crippen LogP contribution in [0.15, 0.2) is 81.5 Å². The number of carbonyl (C=O) groups is 1. The van der Waals surface area contributed by atoms with Crippen molar-refractivity contribution in [3.05, 3.63) is 113 Å². The van der Waals surface area contributed by atoms with Gasteiger partial charge in [-0.25, -0.2) is 0 Å². The highest BCUT2D eigenvalue weighted by atomic mass is 79.9. The second-order valence-electron chi connectivity index (χ2n) is 6.99. The number of nitro groups is 2. The molecule has 0 N–H and O–H groups in total. The van der Waals surface area contributed by atoms with E-state index in [9.17, 15) is 25.0 Å². The lowest BCUT2D eigenvalue weighted by Gasteiger charge is -2.31. The van der Waals surface area contributed by atoms with Crippen molar-refractivity contribution in [2.45, 2.75) is 5.54 Å². The largest absolute Gasteiger partial charge is 0.472 e. The summed E-state index contributed by atoms with van der Waals surface area (Å²) in [5.74, 6) is -0.689. The number of oxime groups is 1. The number of aromatic nitrogens is 1. The van der Waals surface area contributed by atoms with Crippen LogP contribution in [0, 0.1) is 20.2 Å². The first-order valence-electron chi connectivity index (χ1n) is 9.10. The maximum atomic E-state index is 14.1. The van der Waals surface area contributed by atoms with Crippen LogP contribution >= 0.6 is 15.9 Å². The number of hydroxylamine groups is 1. The lowest BCUT2D eigenvalue weighted by molar-refractivity contribution is -0.739. The summed E-state index contributed by atoms with van der Waals surface area (Å²) in [4.78, 5) is 41.0. The molecular formula is C20H10BrN5O6. The van der Waals surface area contributed by atoms with Gasteiger partial charge in [-0.3, -0.25) is 25.0 Å². The lowest BCUT2D eigenvalue weighted by Crippen LogP contribution is -2.71. The molecule has 0 saturated carbocycles. The van der Waals surface area contributed by atoms with E-state index in [-0.39, 0.29) is 17.0 Å². The molecule has 12 heteroatoms. The Balaban J connectivity index is 1.87. The molecule has 0 unspecified atom stereocenters. The minimum atomic E-state index is -2.15. The fourth-order valence-electron chi connectivity index (χ4n) is 4.04. The summed E-state index contributed by atoms with van der Waals surface area (Å²) in [5.41, 5.74) is 0.535. The monoisotopic (exact) mass is 495 g/mol. The molecule has 0 saturated heterocycles. The van der Waals surface area contributed by atoms with Gasteiger partial charge in [0, 0.05) is 34.0 Å². The van der Waals surface area contributed by atoms with Gasteiger partial charge in [-0.1, -0.05) is 33.2 Å². The normalized spacial score (nSPS) is 21.0. The van der Waals surface area contributed by atoms with Crippen molar-refractivity contribution in [3.63, 3.8) is 0 Å². The molecule has 11 nitrogen and oxygen atoms in total. The Bertz CT molecular complexity index is 1360. The predicted molar refractivity (Wildman–Crippen MR) is 113 cm³/mol. The van der Waals surface area contributed by atoms with Crippen LogP contribution in [0.1, 0.15) is 11.3 Å². The SMILES string of the molecule is O=C1C(c2ccc(Br)cc2)=Cc2cccc[n+]2[C@]12C([N+](=O)[O-])=CC([N+](=O)[O-])=C1[N-]ON=C12. The molecule has 1 spiro atoms. The molecule has 0 amide bonds. The number of allylic oxidation sites excluding steroid dienone is 4. The number of ketones is 1. The van der Waals surface area contributed by atoms with E-state index in [1.165, 1.54) is 10.8 Å². The molecule has 0 fully saturated rings. The first-order chi connectivity index (χ1) is 15.4. The first-order valence-corrected chi connectivity index (χ1v) is 9.90. The van der Waals surface area contributed by atoms with Gasteiger partial charge in [0.15, 0.2) is 11.9 Å². The summed E-state index contributed by atoms with van der Waals surface area (Å²) in [6, 6.07) is 11.8. The fourth-order valence-corrected chi connectivity index (χ4v) is 4.31. The second kappa shape index (κ2) is 6.92. The van der Waals surface area contributed by atoms with Gasteiger partial charge in [0.05, 0.1) is 15.9 Å². The van der Waals surface area contributed by atoms with Crippen molar-refractivity contribution in [3.8, 4) is 0 Å². The number of hydrogen-bond donors (Lipinski definition) is 0. The van der Waals surface area contributed by atoms with Crippen molar-refractivity contribution >= 4 is 39.1 Å². The Morgan fingerprint density at radius 2 is 1.81 bits per heavy atom. The van der Waals surface area contributed by atoms with Crippen molar-refractivity contribution in [2.75, 3.05) is 0 Å². The Kier molecular flexibility index (Phi) is 4.27. The van der Waals surface area contributed by atoms with Gasteiger partial charge in [0.1, 0.15) is 0 Å². The van der Waals surface area contributed by atoms with Crippen LogP contribution in [0.25, 0.3) is 17.1 Å². The molecule has 1 aromatic carbocycles. The molecule has 0 radical (unpaired) electrons. The summed E-state index contributed by atoms with van der Waals surface area (Å²) < 4.78 is 2.15. The molecule has 5 rings (SSSR count). The van der Waals surface area contributed by atoms with Crippen LogP contribution in [0.3, 0.4) is 0 Å². The topological polar surface area (TPSA) is 143 Å². The van der Waals surface area contributed by atoms with E-state index in [1.807, 2.05) is 0 Å². The zero-order chi connectivity index (χ0) is 22.6. The predicted octanol–water partition coefficient (Wildman–Crippen LogP) is 2.89. The smallest absolute Gasteiger partial charge is 0.364 e. The zero-order valence-electron chi connectivity index (χ0n) is 15.8. The van der Waals surface area contributed by atoms with E-state index >= 15 is 0 Å². The molecule has 2 aliphatic heterocycles. The summed E-state index contributed by atoms with van der Waals surface area (Å²) in [6.07, 6.45) is 3.84. The van der Waals surface area contributed by atoms with Crippen molar-refractivity contribution < 1.29 is 24.1 Å². The van der Waals surface area contributed by atoms with Crippen molar-refractivity contribution in [1.29, 1.82) is 0 Å². The molecule has 2 aromatic rings. The summed E-state index contributed by atoms with van der Waals surface area (Å²) in [7, 11) is 0. The van der Waals surface area contributed by atoms with Gasteiger partial charge in [0.2, 0.25) is 5.69 Å². The molecular weight excluding hydrogens is 486 g/mol. The van der Waals surface area contributed by atoms with Crippen LogP contribution in [-0.2, 0) is 15.3 Å². The van der Waals surface area contributed by atoms with E-state index in [2.05, 4.69) is 26.6 Å². The van der Waals surface area contributed by atoms with E-state index in [4.69, 9.17) is 4.94 Å². The van der Waals surface area contributed by atoms with Gasteiger partial charge < -0.3 is 10.4 Å². The highest BCUT2D eigenvalue weighted by molar-refractivity contribution is 9.10. The second-order valence-corrected chi connectivity index (χ2v) is 7.91. The van der Waals surface area contributed by atoms with Crippen LogP contribution in [0.2, 0.25) is 0 Å². The Hall–Kier alpha value is -4.19. The number of nitrogens with zero attached hydrogens (tertiary/aromatic N) is 5. The summed E-state index contributed by atoms with van der Waals surface area (Å²) in [6.45, 7) is 0. The highest BCUT2D eigenvalue weighted by Crippen LogP contribution is 2.44. The third kappa shape index (κ3) is 2.56. The third-order valence-electron chi connectivity index (χ3n) is 5.38. The fraction of sp³-hybridized carbons (Fsp3) is 0.0500. The molecule has 1 aliphatic carbocycles. The summed E-state index contributed by atoms with van der Waals surface area (Å²) in [5, 5.41) is 27.5. The number of benzene rings is 1. The maximum Gasteiger partial charge on any atom is 0.364 e. The van der Waals surface area contributed by atoms with Gasteiger partial charge >= 0.3 is 11.2 Å². The zero-order valence-corrected chi connectivity index (χ0v) is 17.4. The molecule has 0 bridgehead atoms. The van der Waals surface area contributed by atoms with Crippen LogP contribution < -0.4 is 4.57 Å². The number of halogens is 1. The molecule has 3 heterocycles. The molecule has 32 heavy (non-hydrogen) atoms. The number of Topliss-reactive ketones (excluding diaryl/α,β-unsaturated/α-hetero) is 1. The van der Waals surface area contributed by atoms with Gasteiger partial charge in [-0.2, -0.15) is 4.57 Å². The molecule has 1 atom stereocenters. The first kappa shape index (κ1) is 19.8. The Morgan fingerprint density at radius 1 is 1.06 bits per heavy atom. The Labute approximate surface area is 187 Å². The average molecular weight is 496 g/mol. The van der Waals surface area contributed by atoms with Crippen LogP contribution in [-0.4, -0.2) is 21.3 Å². The van der Waals surface area contributed by atoms with E-state index in [1.54, 1.807) is 48.5 Å². The van der Waals surface area contributed by atoms with E-state index in [0.29, 0.717) is 11.3 Å². The van der Waals surface area contributed by atoms with E-state index in [0.717, 1.165) is 10.5 Å². The van der Waals surface area contributed by atoms with Crippen LogP contribution in [0.4, 0.5) is 0 Å². The number of pyridine rings is 1.